The second-order valence-electron chi connectivity index (χ2n) is 4.98. The molecule has 0 radical (unpaired) electrons. The van der Waals surface area contributed by atoms with Crippen molar-refractivity contribution in [1.82, 2.24) is 4.90 Å². The minimum absolute atomic E-state index is 0. The van der Waals surface area contributed by atoms with Gasteiger partial charge in [-0.2, -0.15) is 0 Å². The molecule has 112 valence electrons. The molecule has 1 heterocycles. The van der Waals surface area contributed by atoms with Crippen LogP contribution in [0, 0.1) is 0 Å². The molecule has 0 aromatic heterocycles. The lowest BCUT2D eigenvalue weighted by atomic mass is 10.1. The number of guanidine groups is 1. The van der Waals surface area contributed by atoms with Crippen LogP contribution >= 0.6 is 24.0 Å². The van der Waals surface area contributed by atoms with Crippen LogP contribution in [0.2, 0.25) is 0 Å². The number of hydrogen-bond acceptors (Lipinski definition) is 3. The number of nitrogens with two attached hydrogens (primary N) is 2. The lowest BCUT2D eigenvalue weighted by Crippen LogP contribution is -2.40. The Morgan fingerprint density at radius 1 is 1.40 bits per heavy atom. The smallest absolute Gasteiger partial charge is 0.186 e. The van der Waals surface area contributed by atoms with Gasteiger partial charge < -0.3 is 16.2 Å². The maximum absolute atomic E-state index is 5.55. The van der Waals surface area contributed by atoms with E-state index >= 15 is 0 Å². The summed E-state index contributed by atoms with van der Waals surface area (Å²) in [7, 11) is 0. The molecule has 1 aliphatic rings. The standard InChI is InChI=1S/C14H22N4O.HI/c1-11-9-18(5-6-19-11)10-13-4-2-3-12(7-13)8-17-14(15)16;/h2-4,7,11H,5-6,8-10H2,1H3,(H4,15,16,17);1H. The van der Waals surface area contributed by atoms with Crippen molar-refractivity contribution in [3.05, 3.63) is 35.4 Å². The fourth-order valence-electron chi connectivity index (χ4n) is 2.30. The second kappa shape index (κ2) is 8.43. The van der Waals surface area contributed by atoms with E-state index in [0.717, 1.165) is 31.8 Å². The minimum Gasteiger partial charge on any atom is -0.376 e. The van der Waals surface area contributed by atoms with Crippen LogP contribution in [0.1, 0.15) is 18.1 Å². The van der Waals surface area contributed by atoms with Crippen LogP contribution in [0.25, 0.3) is 0 Å². The Kier molecular flexibility index (Phi) is 7.25. The summed E-state index contributed by atoms with van der Waals surface area (Å²) in [6, 6.07) is 8.39. The summed E-state index contributed by atoms with van der Waals surface area (Å²) in [4.78, 5) is 6.44. The van der Waals surface area contributed by atoms with Gasteiger partial charge in [-0.3, -0.25) is 4.90 Å². The monoisotopic (exact) mass is 390 g/mol. The van der Waals surface area contributed by atoms with Gasteiger partial charge in [-0.05, 0) is 18.1 Å². The summed E-state index contributed by atoms with van der Waals surface area (Å²) in [5.41, 5.74) is 13.1. The van der Waals surface area contributed by atoms with Gasteiger partial charge >= 0.3 is 0 Å². The van der Waals surface area contributed by atoms with Crippen LogP contribution < -0.4 is 11.5 Å². The van der Waals surface area contributed by atoms with Crippen molar-refractivity contribution in [3.8, 4) is 0 Å². The number of rotatable bonds is 4. The molecule has 0 aliphatic carbocycles. The van der Waals surface area contributed by atoms with Crippen LogP contribution in [0.3, 0.4) is 0 Å². The summed E-state index contributed by atoms with van der Waals surface area (Å²) in [6.45, 7) is 6.38. The molecule has 1 unspecified atom stereocenters. The van der Waals surface area contributed by atoms with Crippen LogP contribution in [0.4, 0.5) is 0 Å². The van der Waals surface area contributed by atoms with Gasteiger partial charge in [-0.1, -0.05) is 24.3 Å². The third kappa shape index (κ3) is 5.64. The average molecular weight is 390 g/mol. The average Bonchev–Trinajstić information content (AvgIpc) is 2.37. The Morgan fingerprint density at radius 2 is 2.15 bits per heavy atom. The topological polar surface area (TPSA) is 76.9 Å². The van der Waals surface area contributed by atoms with Crippen molar-refractivity contribution < 1.29 is 4.74 Å². The highest BCUT2D eigenvalue weighted by Gasteiger charge is 2.16. The normalized spacial score (nSPS) is 19.1. The zero-order valence-corrected chi connectivity index (χ0v) is 14.1. The Labute approximate surface area is 137 Å². The number of halogens is 1. The van der Waals surface area contributed by atoms with E-state index in [1.165, 1.54) is 5.56 Å². The molecule has 4 N–H and O–H groups in total. The summed E-state index contributed by atoms with van der Waals surface area (Å²) in [6.07, 6.45) is 0.318. The molecule has 0 amide bonds. The highest BCUT2D eigenvalue weighted by Crippen LogP contribution is 2.12. The molecule has 20 heavy (non-hydrogen) atoms. The lowest BCUT2D eigenvalue weighted by molar-refractivity contribution is -0.0212. The van der Waals surface area contributed by atoms with Crippen LogP contribution in [-0.4, -0.2) is 36.7 Å². The van der Waals surface area contributed by atoms with Gasteiger partial charge in [0.15, 0.2) is 5.96 Å². The largest absolute Gasteiger partial charge is 0.376 e. The number of morpholine rings is 1. The van der Waals surface area contributed by atoms with E-state index in [1.54, 1.807) is 0 Å². The molecule has 6 heteroatoms. The first-order valence-electron chi connectivity index (χ1n) is 6.60. The van der Waals surface area contributed by atoms with E-state index in [1.807, 2.05) is 6.07 Å². The van der Waals surface area contributed by atoms with Crippen LogP contribution in [-0.2, 0) is 17.8 Å². The summed E-state index contributed by atoms with van der Waals surface area (Å²) in [5, 5.41) is 0. The van der Waals surface area contributed by atoms with Crippen molar-refractivity contribution in [2.24, 2.45) is 16.5 Å². The first kappa shape index (κ1) is 17.2. The van der Waals surface area contributed by atoms with Crippen LogP contribution in [0.5, 0.6) is 0 Å². The van der Waals surface area contributed by atoms with Crippen molar-refractivity contribution in [2.45, 2.75) is 26.1 Å². The zero-order valence-electron chi connectivity index (χ0n) is 11.8. The number of nitrogens with zero attached hydrogens (tertiary/aromatic N) is 2. The summed E-state index contributed by atoms with van der Waals surface area (Å²) >= 11 is 0. The van der Waals surface area contributed by atoms with Gasteiger partial charge in [0, 0.05) is 19.6 Å². The Bertz CT molecular complexity index is 449. The highest BCUT2D eigenvalue weighted by molar-refractivity contribution is 14.0. The van der Waals surface area contributed by atoms with E-state index in [9.17, 15) is 0 Å². The molecule has 1 fully saturated rings. The Balaban J connectivity index is 0.00000200. The molecule has 0 saturated carbocycles. The van der Waals surface area contributed by atoms with Crippen LogP contribution in [0.15, 0.2) is 29.3 Å². The Morgan fingerprint density at radius 3 is 2.85 bits per heavy atom. The molecule has 1 aromatic rings. The van der Waals surface area contributed by atoms with E-state index in [0.29, 0.717) is 12.6 Å². The Hall–Kier alpha value is -0.860. The molecule has 1 atom stereocenters. The van der Waals surface area contributed by atoms with Gasteiger partial charge in [0.1, 0.15) is 0 Å². The number of hydrogen-bond donors (Lipinski definition) is 2. The maximum atomic E-state index is 5.55. The van der Waals surface area contributed by atoms with Gasteiger partial charge in [-0.25, -0.2) is 4.99 Å². The van der Waals surface area contributed by atoms with Gasteiger partial charge in [0.25, 0.3) is 0 Å². The molecule has 1 aliphatic heterocycles. The molecular formula is C14H23IN4O. The van der Waals surface area contributed by atoms with Gasteiger partial charge in [0.05, 0.1) is 19.3 Å². The second-order valence-corrected chi connectivity index (χ2v) is 4.98. The van der Waals surface area contributed by atoms with Crippen molar-refractivity contribution in [2.75, 3.05) is 19.7 Å². The molecule has 2 rings (SSSR count). The zero-order chi connectivity index (χ0) is 13.7. The number of aliphatic imine (C=N–C) groups is 1. The molecule has 1 aromatic carbocycles. The first-order chi connectivity index (χ1) is 9.13. The summed E-state index contributed by atoms with van der Waals surface area (Å²) in [5.74, 6) is 0.132. The SMILES string of the molecule is CC1CN(Cc2cccc(CN=C(N)N)c2)CCO1.I. The number of benzene rings is 1. The first-order valence-corrected chi connectivity index (χ1v) is 6.60. The van der Waals surface area contributed by atoms with Gasteiger partial charge in [0.2, 0.25) is 0 Å². The third-order valence-electron chi connectivity index (χ3n) is 3.17. The molecule has 0 spiro atoms. The van der Waals surface area contributed by atoms with Gasteiger partial charge in [-0.15, -0.1) is 24.0 Å². The van der Waals surface area contributed by atoms with E-state index < -0.39 is 0 Å². The highest BCUT2D eigenvalue weighted by atomic mass is 127. The molecule has 1 saturated heterocycles. The third-order valence-corrected chi connectivity index (χ3v) is 3.17. The molecule has 5 nitrogen and oxygen atoms in total. The predicted molar refractivity (Wildman–Crippen MR) is 92.1 cm³/mol. The minimum atomic E-state index is 0. The van der Waals surface area contributed by atoms with Crippen molar-refractivity contribution >= 4 is 29.9 Å². The van der Waals surface area contributed by atoms with E-state index in [2.05, 4.69) is 35.0 Å². The van der Waals surface area contributed by atoms with Crippen molar-refractivity contribution in [1.29, 1.82) is 0 Å². The van der Waals surface area contributed by atoms with E-state index in [4.69, 9.17) is 16.2 Å². The lowest BCUT2D eigenvalue weighted by Gasteiger charge is -2.31. The molecule has 0 bridgehead atoms. The fourth-order valence-corrected chi connectivity index (χ4v) is 2.30. The van der Waals surface area contributed by atoms with E-state index in [-0.39, 0.29) is 29.9 Å². The summed E-state index contributed by atoms with van der Waals surface area (Å²) < 4.78 is 5.55. The van der Waals surface area contributed by atoms with Crippen molar-refractivity contribution in [3.63, 3.8) is 0 Å². The molecular weight excluding hydrogens is 367 g/mol. The fraction of sp³-hybridized carbons (Fsp3) is 0.500. The maximum Gasteiger partial charge on any atom is 0.186 e. The number of ether oxygens (including phenoxy) is 1. The quantitative estimate of drug-likeness (QED) is 0.462. The predicted octanol–water partition coefficient (Wildman–Crippen LogP) is 1.30.